The summed E-state index contributed by atoms with van der Waals surface area (Å²) in [6.07, 6.45) is -6.53. The minimum absolute atomic E-state index is 0.122. The maximum atomic E-state index is 14.6. The van der Waals surface area contributed by atoms with E-state index in [0.717, 1.165) is 0 Å². The van der Waals surface area contributed by atoms with Crippen molar-refractivity contribution in [2.75, 3.05) is 48.5 Å². The molecule has 0 aromatic carbocycles. The van der Waals surface area contributed by atoms with Gasteiger partial charge in [0, 0.05) is 46.1 Å². The van der Waals surface area contributed by atoms with Crippen molar-refractivity contribution in [1.29, 1.82) is 5.26 Å². The van der Waals surface area contributed by atoms with Crippen LogP contribution >= 0.6 is 0 Å². The van der Waals surface area contributed by atoms with Gasteiger partial charge in [-0.1, -0.05) is 20.8 Å². The number of methoxy groups -OCH3 is 2. The summed E-state index contributed by atoms with van der Waals surface area (Å²) in [7, 11) is 8.86. The van der Waals surface area contributed by atoms with Crippen molar-refractivity contribution in [3.63, 3.8) is 0 Å². The Morgan fingerprint density at radius 2 is 1.63 bits per heavy atom. The summed E-state index contributed by atoms with van der Waals surface area (Å²) in [5.41, 5.74) is -4.08. The number of carbonyl (C=O) groups is 2. The molecule has 3 aliphatic rings. The van der Waals surface area contributed by atoms with Gasteiger partial charge in [-0.15, -0.1) is 0 Å². The smallest absolute Gasteiger partial charge is 0.311 e. The van der Waals surface area contributed by atoms with Gasteiger partial charge < -0.3 is 62.6 Å². The molecule has 60 heavy (non-hydrogen) atoms. The number of carbonyl (C=O) groups excluding carboxylic acids is 2. The van der Waals surface area contributed by atoms with E-state index in [1.54, 1.807) is 27.9 Å². The number of hydrogen-bond acceptors (Lipinski definition) is 16. The van der Waals surface area contributed by atoms with E-state index >= 15 is 0 Å². The van der Waals surface area contributed by atoms with Crippen molar-refractivity contribution in [3.05, 3.63) is 0 Å². The third-order valence-electron chi connectivity index (χ3n) is 13.2. The van der Waals surface area contributed by atoms with Crippen LogP contribution in [0.2, 0.25) is 0 Å². The van der Waals surface area contributed by atoms with Crippen LogP contribution in [0.5, 0.6) is 0 Å². The second-order valence-electron chi connectivity index (χ2n) is 18.7. The third kappa shape index (κ3) is 12.6. The van der Waals surface area contributed by atoms with Crippen LogP contribution in [0.25, 0.3) is 0 Å². The second kappa shape index (κ2) is 22.1. The standard InChI is InChI=1S/C44H79N3O13/c1-17-33-44(11,51)38(52-15)29(6)47(14)24-25(2)22-42(9,50)37(60-41-36(57-31(8)48)32(46(12)13)21-26(3)55-41)27(4)35(28(5)40(49)58-33)59-34-23-43(10,53-16)39(30(7)56-34)54-20-18-19-45/h25-30,32-39,41,50-51H,17-18,20-24H2,1-16H3/t25-,26-,27+,28-,29-,30+,32+,33-,34+,35+,36-,37-,38-,39+,41+,42-,43-,44-/m1/s1. The molecular formula is C44H79N3O13. The first-order valence-electron chi connectivity index (χ1n) is 21.8. The number of esters is 2. The average Bonchev–Trinajstić information content (AvgIpc) is 3.15. The number of cyclic esters (lactones) is 1. The number of likely N-dealkylation sites (N-methyl/N-ethyl adjacent to an activating group) is 2. The van der Waals surface area contributed by atoms with E-state index in [1.165, 1.54) is 14.0 Å². The van der Waals surface area contributed by atoms with Crippen LogP contribution < -0.4 is 0 Å². The minimum Gasteiger partial charge on any atom is -0.459 e. The Labute approximate surface area is 359 Å². The van der Waals surface area contributed by atoms with E-state index in [0.29, 0.717) is 19.4 Å². The molecule has 0 aromatic heterocycles. The van der Waals surface area contributed by atoms with E-state index in [2.05, 4.69) is 11.0 Å². The largest absolute Gasteiger partial charge is 0.459 e. The Kier molecular flexibility index (Phi) is 19.2. The molecule has 2 N–H and O–H groups in total. The number of ether oxygens (including phenoxy) is 9. The van der Waals surface area contributed by atoms with Gasteiger partial charge in [-0.05, 0) is 94.8 Å². The molecular weight excluding hydrogens is 778 g/mol. The first-order valence-corrected chi connectivity index (χ1v) is 21.8. The molecule has 3 aliphatic heterocycles. The van der Waals surface area contributed by atoms with Crippen LogP contribution in [0.4, 0.5) is 0 Å². The average molecular weight is 858 g/mol. The zero-order chi connectivity index (χ0) is 45.5. The highest BCUT2D eigenvalue weighted by Gasteiger charge is 2.54. The first-order chi connectivity index (χ1) is 27.9. The molecule has 3 rings (SSSR count). The quantitative estimate of drug-likeness (QED) is 0.211. The van der Waals surface area contributed by atoms with E-state index in [9.17, 15) is 19.8 Å². The SMILES string of the molecule is CC[C@H]1OC(=O)[C@H](C)[C@@H](O[C@H]2C[C@@](C)(OC)[C@@H](OCCC#N)[C@H](C)O2)[C@H](C)[C@@H](O[C@@H]2O[C@H](C)C[C@H](N(C)C)[C@H]2OC(C)=O)[C@](C)(O)C[C@@H](C)CN(C)[C@H](C)[C@@H](OC)[C@]1(C)O. The van der Waals surface area contributed by atoms with Crippen molar-refractivity contribution in [1.82, 2.24) is 9.80 Å². The third-order valence-corrected chi connectivity index (χ3v) is 13.2. The molecule has 0 saturated carbocycles. The molecule has 18 atom stereocenters. The molecule has 3 heterocycles. The normalized spacial score (nSPS) is 44.3. The molecule has 16 heteroatoms. The van der Waals surface area contributed by atoms with Gasteiger partial charge in [0.2, 0.25) is 0 Å². The zero-order valence-corrected chi connectivity index (χ0v) is 39.3. The highest BCUT2D eigenvalue weighted by molar-refractivity contribution is 5.73. The van der Waals surface area contributed by atoms with E-state index < -0.39 is 95.9 Å². The van der Waals surface area contributed by atoms with Gasteiger partial charge in [0.25, 0.3) is 0 Å². The Balaban J connectivity index is 2.23. The van der Waals surface area contributed by atoms with Crippen molar-refractivity contribution < 1.29 is 62.4 Å². The maximum Gasteiger partial charge on any atom is 0.311 e. The molecule has 0 unspecified atom stereocenters. The van der Waals surface area contributed by atoms with Gasteiger partial charge in [-0.3, -0.25) is 9.59 Å². The lowest BCUT2D eigenvalue weighted by atomic mass is 9.77. The van der Waals surface area contributed by atoms with Crippen LogP contribution in [0, 0.1) is 29.1 Å². The number of hydrogen-bond donors (Lipinski definition) is 2. The van der Waals surface area contributed by atoms with Gasteiger partial charge in [0.1, 0.15) is 23.9 Å². The summed E-state index contributed by atoms with van der Waals surface area (Å²) in [6.45, 7) is 20.4. The monoisotopic (exact) mass is 858 g/mol. The van der Waals surface area contributed by atoms with Gasteiger partial charge in [0.15, 0.2) is 18.7 Å². The van der Waals surface area contributed by atoms with E-state index in [4.69, 9.17) is 47.9 Å². The fourth-order valence-electron chi connectivity index (χ4n) is 9.99. The van der Waals surface area contributed by atoms with Gasteiger partial charge in [0.05, 0.1) is 66.7 Å². The Hall–Kier alpha value is -2.01. The van der Waals surface area contributed by atoms with Gasteiger partial charge in [-0.25, -0.2) is 0 Å². The van der Waals surface area contributed by atoms with Crippen molar-refractivity contribution in [2.24, 2.45) is 17.8 Å². The summed E-state index contributed by atoms with van der Waals surface area (Å²) in [5.74, 6) is -3.03. The van der Waals surface area contributed by atoms with E-state index in [1.807, 2.05) is 74.5 Å². The Morgan fingerprint density at radius 1 is 0.983 bits per heavy atom. The lowest BCUT2D eigenvalue weighted by molar-refractivity contribution is -0.321. The molecule has 16 nitrogen and oxygen atoms in total. The predicted octanol–water partition coefficient (Wildman–Crippen LogP) is 4.06. The molecule has 3 fully saturated rings. The molecule has 0 radical (unpaired) electrons. The number of nitriles is 1. The molecule has 0 bridgehead atoms. The molecule has 0 aliphatic carbocycles. The van der Waals surface area contributed by atoms with Crippen molar-refractivity contribution in [2.45, 2.75) is 199 Å². The van der Waals surface area contributed by atoms with Gasteiger partial charge >= 0.3 is 11.9 Å². The highest BCUT2D eigenvalue weighted by Crippen LogP contribution is 2.41. The van der Waals surface area contributed by atoms with E-state index in [-0.39, 0.29) is 50.0 Å². The summed E-state index contributed by atoms with van der Waals surface area (Å²) in [4.78, 5) is 31.2. The van der Waals surface area contributed by atoms with Gasteiger partial charge in [-0.2, -0.15) is 5.26 Å². The Bertz CT molecular complexity index is 1410. The molecule has 3 saturated heterocycles. The molecule has 348 valence electrons. The van der Waals surface area contributed by atoms with Crippen molar-refractivity contribution >= 4 is 11.9 Å². The summed E-state index contributed by atoms with van der Waals surface area (Å²) in [5, 5.41) is 34.1. The topological polar surface area (TPSA) is 188 Å². The summed E-state index contributed by atoms with van der Waals surface area (Å²) >= 11 is 0. The molecule has 0 amide bonds. The fourth-order valence-corrected chi connectivity index (χ4v) is 9.99. The van der Waals surface area contributed by atoms with Crippen LogP contribution in [-0.2, 0) is 52.2 Å². The number of aliphatic hydroxyl groups is 2. The highest BCUT2D eigenvalue weighted by atomic mass is 16.7. The minimum atomic E-state index is -1.60. The van der Waals surface area contributed by atoms with Crippen LogP contribution in [0.3, 0.4) is 0 Å². The summed E-state index contributed by atoms with van der Waals surface area (Å²) in [6, 6.07) is 1.51. The summed E-state index contributed by atoms with van der Waals surface area (Å²) < 4.78 is 57.1. The predicted molar refractivity (Wildman–Crippen MR) is 222 cm³/mol. The van der Waals surface area contributed by atoms with Crippen LogP contribution in [0.1, 0.15) is 108 Å². The Morgan fingerprint density at radius 3 is 2.18 bits per heavy atom. The number of rotatable bonds is 12. The number of nitrogens with zero attached hydrogens (tertiary/aromatic N) is 3. The lowest BCUT2D eigenvalue weighted by Gasteiger charge is -2.49. The molecule has 0 spiro atoms. The van der Waals surface area contributed by atoms with Crippen LogP contribution in [-0.4, -0.2) is 171 Å². The molecule has 0 aromatic rings. The van der Waals surface area contributed by atoms with Crippen molar-refractivity contribution in [3.8, 4) is 6.07 Å². The van der Waals surface area contributed by atoms with Crippen LogP contribution in [0.15, 0.2) is 0 Å². The second-order valence-corrected chi connectivity index (χ2v) is 18.7. The maximum absolute atomic E-state index is 14.6. The zero-order valence-electron chi connectivity index (χ0n) is 39.3. The first kappa shape index (κ1) is 52.3. The fraction of sp³-hybridized carbons (Fsp3) is 0.932. The lowest BCUT2D eigenvalue weighted by Crippen LogP contribution is -2.61.